The van der Waals surface area contributed by atoms with E-state index in [1.54, 1.807) is 0 Å². The number of nitrogens with one attached hydrogen (secondary N) is 2. The SMILES string of the molecule is O=C(CCNC(=O)C(O)(c1ccccc1)C1CCCCC1)NC1C2CN(Cc3ccccc3)CC21. The number of benzene rings is 2. The molecule has 2 aromatic rings. The minimum absolute atomic E-state index is 0.0276. The fourth-order valence-electron chi connectivity index (χ4n) is 6.25. The number of fused-ring (bicyclic) bond motifs is 1. The van der Waals surface area contributed by atoms with Gasteiger partial charge in [0.15, 0.2) is 5.60 Å². The first-order chi connectivity index (χ1) is 17.1. The van der Waals surface area contributed by atoms with Crippen LogP contribution in [0.5, 0.6) is 0 Å². The minimum atomic E-state index is -1.55. The van der Waals surface area contributed by atoms with Gasteiger partial charge in [-0.3, -0.25) is 14.5 Å². The third kappa shape index (κ3) is 5.29. The van der Waals surface area contributed by atoms with Crippen molar-refractivity contribution in [3.05, 3.63) is 71.8 Å². The average molecular weight is 476 g/mol. The van der Waals surface area contributed by atoms with Crippen molar-refractivity contribution >= 4 is 11.8 Å². The maximum Gasteiger partial charge on any atom is 0.256 e. The van der Waals surface area contributed by atoms with Crippen molar-refractivity contribution in [3.8, 4) is 0 Å². The van der Waals surface area contributed by atoms with Crippen LogP contribution >= 0.6 is 0 Å². The lowest BCUT2D eigenvalue weighted by molar-refractivity contribution is -0.149. The van der Waals surface area contributed by atoms with Gasteiger partial charge >= 0.3 is 0 Å². The van der Waals surface area contributed by atoms with Crippen molar-refractivity contribution < 1.29 is 14.7 Å². The van der Waals surface area contributed by atoms with Gasteiger partial charge in [0.1, 0.15) is 0 Å². The molecule has 3 N–H and O–H groups in total. The lowest BCUT2D eigenvalue weighted by atomic mass is 9.73. The predicted octanol–water partition coefficient (Wildman–Crippen LogP) is 3.21. The monoisotopic (exact) mass is 475 g/mol. The summed E-state index contributed by atoms with van der Waals surface area (Å²) in [6.07, 6.45) is 5.11. The molecule has 2 amide bonds. The molecule has 5 rings (SSSR count). The maximum absolute atomic E-state index is 13.2. The number of carbonyl (C=O) groups is 2. The quantitative estimate of drug-likeness (QED) is 0.520. The molecule has 3 atom stereocenters. The fraction of sp³-hybridized carbons (Fsp3) is 0.517. The molecule has 2 aliphatic carbocycles. The molecule has 0 aromatic heterocycles. The van der Waals surface area contributed by atoms with E-state index in [1.807, 2.05) is 36.4 Å². The van der Waals surface area contributed by atoms with E-state index in [-0.39, 0.29) is 36.7 Å². The van der Waals surface area contributed by atoms with Gasteiger partial charge in [0, 0.05) is 44.6 Å². The van der Waals surface area contributed by atoms with Gasteiger partial charge in [0.2, 0.25) is 5.91 Å². The van der Waals surface area contributed by atoms with Gasteiger partial charge in [-0.25, -0.2) is 0 Å². The van der Waals surface area contributed by atoms with E-state index in [4.69, 9.17) is 0 Å². The Morgan fingerprint density at radius 3 is 2.20 bits per heavy atom. The zero-order chi connectivity index (χ0) is 24.3. The molecule has 2 saturated carbocycles. The first kappa shape index (κ1) is 24.0. The Hall–Kier alpha value is -2.70. The first-order valence-electron chi connectivity index (χ1n) is 13.2. The van der Waals surface area contributed by atoms with Gasteiger partial charge in [-0.1, -0.05) is 79.9 Å². The number of rotatable bonds is 9. The van der Waals surface area contributed by atoms with E-state index >= 15 is 0 Å². The van der Waals surface area contributed by atoms with Crippen molar-refractivity contribution in [1.82, 2.24) is 15.5 Å². The molecule has 3 aliphatic rings. The summed E-state index contributed by atoms with van der Waals surface area (Å²) in [5.74, 6) is 0.555. The van der Waals surface area contributed by atoms with E-state index < -0.39 is 5.60 Å². The van der Waals surface area contributed by atoms with Crippen LogP contribution in [0.15, 0.2) is 60.7 Å². The normalized spacial score (nSPS) is 25.9. The van der Waals surface area contributed by atoms with E-state index in [9.17, 15) is 14.7 Å². The number of likely N-dealkylation sites (tertiary alicyclic amines) is 1. The number of amides is 2. The van der Waals surface area contributed by atoms with Gasteiger partial charge in [0.25, 0.3) is 5.91 Å². The molecule has 0 spiro atoms. The van der Waals surface area contributed by atoms with Gasteiger partial charge < -0.3 is 15.7 Å². The fourth-order valence-corrected chi connectivity index (χ4v) is 6.25. The Balaban J connectivity index is 1.08. The lowest BCUT2D eigenvalue weighted by Gasteiger charge is -2.37. The van der Waals surface area contributed by atoms with Crippen LogP contribution in [0.25, 0.3) is 0 Å². The molecule has 2 aromatic carbocycles. The highest BCUT2D eigenvalue weighted by Crippen LogP contribution is 2.46. The van der Waals surface area contributed by atoms with Crippen LogP contribution in [-0.2, 0) is 21.7 Å². The van der Waals surface area contributed by atoms with Crippen LogP contribution in [-0.4, -0.2) is 47.5 Å². The highest BCUT2D eigenvalue weighted by molar-refractivity contribution is 5.87. The van der Waals surface area contributed by atoms with Gasteiger partial charge in [-0.2, -0.15) is 0 Å². The number of carbonyl (C=O) groups excluding carboxylic acids is 2. The zero-order valence-corrected chi connectivity index (χ0v) is 20.4. The summed E-state index contributed by atoms with van der Waals surface area (Å²) in [5, 5.41) is 17.7. The summed E-state index contributed by atoms with van der Waals surface area (Å²) >= 11 is 0. The average Bonchev–Trinajstić information content (AvgIpc) is 3.32. The van der Waals surface area contributed by atoms with Gasteiger partial charge in [-0.05, 0) is 35.8 Å². The third-order valence-electron chi connectivity index (χ3n) is 8.24. The van der Waals surface area contributed by atoms with Crippen molar-refractivity contribution in [2.45, 2.75) is 56.7 Å². The van der Waals surface area contributed by atoms with Crippen molar-refractivity contribution in [2.24, 2.45) is 17.8 Å². The molecule has 3 fully saturated rings. The number of piperidine rings is 1. The molecule has 3 unspecified atom stereocenters. The van der Waals surface area contributed by atoms with Gasteiger partial charge in [-0.15, -0.1) is 0 Å². The second-order valence-corrected chi connectivity index (χ2v) is 10.6. The van der Waals surface area contributed by atoms with Crippen LogP contribution in [0.4, 0.5) is 0 Å². The van der Waals surface area contributed by atoms with E-state index in [0.717, 1.165) is 51.7 Å². The Labute approximate surface area is 208 Å². The molecule has 6 heteroatoms. The molecule has 1 saturated heterocycles. The standard InChI is InChI=1S/C29H37N3O3/c33-26(31-27-24-19-32(20-25(24)27)18-21-10-4-1-5-11-21)16-17-30-28(34)29(35,22-12-6-2-7-13-22)23-14-8-3-9-15-23/h1-2,4-7,10-13,23-25,27,35H,3,8-9,14-20H2,(H,30,34)(H,31,33). The summed E-state index contributed by atoms with van der Waals surface area (Å²) in [6.45, 7) is 3.24. The molecule has 186 valence electrons. The highest BCUT2D eigenvalue weighted by Gasteiger charge is 2.56. The summed E-state index contributed by atoms with van der Waals surface area (Å²) in [4.78, 5) is 28.3. The zero-order valence-electron chi connectivity index (χ0n) is 20.4. The lowest BCUT2D eigenvalue weighted by Crippen LogP contribution is -2.50. The number of hydrogen-bond donors (Lipinski definition) is 3. The van der Waals surface area contributed by atoms with E-state index in [0.29, 0.717) is 17.4 Å². The van der Waals surface area contributed by atoms with Crippen LogP contribution in [0.1, 0.15) is 49.7 Å². The van der Waals surface area contributed by atoms with Gasteiger partial charge in [0.05, 0.1) is 0 Å². The smallest absolute Gasteiger partial charge is 0.256 e. The molecule has 1 heterocycles. The summed E-state index contributed by atoms with van der Waals surface area (Å²) in [7, 11) is 0. The highest BCUT2D eigenvalue weighted by atomic mass is 16.3. The topological polar surface area (TPSA) is 81.7 Å². The van der Waals surface area contributed by atoms with Crippen LogP contribution in [0.3, 0.4) is 0 Å². The molecule has 35 heavy (non-hydrogen) atoms. The number of aliphatic hydroxyl groups is 1. The maximum atomic E-state index is 13.2. The number of nitrogens with zero attached hydrogens (tertiary/aromatic N) is 1. The summed E-state index contributed by atoms with van der Waals surface area (Å²) in [5.41, 5.74) is 0.418. The molecule has 0 radical (unpaired) electrons. The Bertz CT molecular complexity index is 996. The number of hydrogen-bond acceptors (Lipinski definition) is 4. The minimum Gasteiger partial charge on any atom is -0.375 e. The summed E-state index contributed by atoms with van der Waals surface area (Å²) in [6, 6.07) is 20.0. The van der Waals surface area contributed by atoms with Crippen LogP contribution in [0.2, 0.25) is 0 Å². The second-order valence-electron chi connectivity index (χ2n) is 10.6. The summed E-state index contributed by atoms with van der Waals surface area (Å²) < 4.78 is 0. The Morgan fingerprint density at radius 2 is 1.54 bits per heavy atom. The first-order valence-corrected chi connectivity index (χ1v) is 13.2. The van der Waals surface area contributed by atoms with E-state index in [2.05, 4.69) is 39.8 Å². The largest absolute Gasteiger partial charge is 0.375 e. The van der Waals surface area contributed by atoms with Crippen LogP contribution < -0.4 is 10.6 Å². The molecular weight excluding hydrogens is 438 g/mol. The van der Waals surface area contributed by atoms with Crippen molar-refractivity contribution in [2.75, 3.05) is 19.6 Å². The molecular formula is C29H37N3O3. The van der Waals surface area contributed by atoms with Crippen LogP contribution in [0, 0.1) is 17.8 Å². The molecule has 6 nitrogen and oxygen atoms in total. The molecule has 1 aliphatic heterocycles. The molecule has 0 bridgehead atoms. The third-order valence-corrected chi connectivity index (χ3v) is 8.24. The predicted molar refractivity (Wildman–Crippen MR) is 135 cm³/mol. The van der Waals surface area contributed by atoms with Crippen molar-refractivity contribution in [3.63, 3.8) is 0 Å². The van der Waals surface area contributed by atoms with Crippen molar-refractivity contribution in [1.29, 1.82) is 0 Å². The second kappa shape index (κ2) is 10.5. The Kier molecular flexibility index (Phi) is 7.21. The Morgan fingerprint density at radius 1 is 0.914 bits per heavy atom. The van der Waals surface area contributed by atoms with E-state index in [1.165, 1.54) is 5.56 Å².